The Kier molecular flexibility index (Phi) is 9.64. The van der Waals surface area contributed by atoms with Gasteiger partial charge >= 0.3 is 5.97 Å². The number of nitrogens with two attached hydrogens (primary N) is 2. The lowest BCUT2D eigenvalue weighted by Crippen LogP contribution is -2.51. The quantitative estimate of drug-likeness (QED) is 0.191. The first-order chi connectivity index (χ1) is 15.3. The number of hydrogen-bond donors (Lipinski definition) is 7. The summed E-state index contributed by atoms with van der Waals surface area (Å²) >= 11 is 0. The molecular weight excluding hydrogens is 416 g/mol. The largest absolute Gasteiger partial charge is 0.480 e. The van der Waals surface area contributed by atoms with E-state index in [1.807, 2.05) is 24.3 Å². The van der Waals surface area contributed by atoms with Crippen LogP contribution in [0.5, 0.6) is 0 Å². The Morgan fingerprint density at radius 3 is 2.41 bits per heavy atom. The molecule has 0 aliphatic heterocycles. The number of unbranched alkanes of at least 4 members (excludes halogenated alkanes) is 1. The maximum absolute atomic E-state index is 12.4. The Morgan fingerprint density at radius 1 is 1.00 bits per heavy atom. The maximum atomic E-state index is 12.4. The Bertz CT molecular complexity index is 944. The SMILES string of the molecule is NCCCCC(NC(=O)CN)C(=O)NCC(=O)NC(Cc1c[nH]c2ccccc12)C(=O)O. The van der Waals surface area contributed by atoms with Crippen LogP contribution in [0.3, 0.4) is 0 Å². The van der Waals surface area contributed by atoms with E-state index < -0.39 is 42.3 Å². The van der Waals surface area contributed by atoms with Crippen LogP contribution in [0.15, 0.2) is 30.5 Å². The van der Waals surface area contributed by atoms with Gasteiger partial charge in [-0.15, -0.1) is 0 Å². The first-order valence-corrected chi connectivity index (χ1v) is 10.4. The van der Waals surface area contributed by atoms with Crippen LogP contribution in [0.2, 0.25) is 0 Å². The van der Waals surface area contributed by atoms with Crippen molar-refractivity contribution in [1.29, 1.82) is 0 Å². The summed E-state index contributed by atoms with van der Waals surface area (Å²) in [4.78, 5) is 51.0. The zero-order valence-corrected chi connectivity index (χ0v) is 17.7. The number of aromatic amines is 1. The average molecular weight is 447 g/mol. The molecule has 0 saturated carbocycles. The van der Waals surface area contributed by atoms with Crippen molar-refractivity contribution in [3.63, 3.8) is 0 Å². The highest BCUT2D eigenvalue weighted by Crippen LogP contribution is 2.19. The molecule has 3 amide bonds. The number of fused-ring (bicyclic) bond motifs is 1. The number of benzene rings is 1. The summed E-state index contributed by atoms with van der Waals surface area (Å²) in [5, 5.41) is 17.8. The molecule has 1 aromatic heterocycles. The monoisotopic (exact) mass is 446 g/mol. The van der Waals surface area contributed by atoms with E-state index in [0.29, 0.717) is 25.8 Å². The van der Waals surface area contributed by atoms with Crippen LogP contribution in [0.25, 0.3) is 10.9 Å². The van der Waals surface area contributed by atoms with Crippen LogP contribution in [0, 0.1) is 0 Å². The number of nitrogens with one attached hydrogen (secondary N) is 4. The number of H-pyrrole nitrogens is 1. The molecule has 2 rings (SSSR count). The van der Waals surface area contributed by atoms with Crippen LogP contribution in [0.4, 0.5) is 0 Å². The number of hydrogen-bond acceptors (Lipinski definition) is 6. The van der Waals surface area contributed by atoms with Crippen LogP contribution in [-0.2, 0) is 25.6 Å². The summed E-state index contributed by atoms with van der Waals surface area (Å²) in [7, 11) is 0. The predicted molar refractivity (Wildman–Crippen MR) is 118 cm³/mol. The van der Waals surface area contributed by atoms with Crippen molar-refractivity contribution in [1.82, 2.24) is 20.9 Å². The Hall–Kier alpha value is -3.44. The van der Waals surface area contributed by atoms with Gasteiger partial charge in [0, 0.05) is 23.5 Å². The summed E-state index contributed by atoms with van der Waals surface area (Å²) in [5.74, 6) is -2.89. The molecule has 32 heavy (non-hydrogen) atoms. The normalized spacial score (nSPS) is 12.7. The smallest absolute Gasteiger partial charge is 0.326 e. The van der Waals surface area contributed by atoms with Crippen molar-refractivity contribution >= 4 is 34.6 Å². The number of carboxylic acids is 1. The van der Waals surface area contributed by atoms with Crippen LogP contribution < -0.4 is 27.4 Å². The lowest BCUT2D eigenvalue weighted by Gasteiger charge is -2.19. The molecule has 0 aliphatic carbocycles. The minimum absolute atomic E-state index is 0.0767. The van der Waals surface area contributed by atoms with Gasteiger partial charge in [-0.25, -0.2) is 4.79 Å². The van der Waals surface area contributed by atoms with Crippen LogP contribution in [0.1, 0.15) is 24.8 Å². The average Bonchev–Trinajstić information content (AvgIpc) is 3.19. The number of aromatic nitrogens is 1. The molecule has 9 N–H and O–H groups in total. The number of carbonyl (C=O) groups is 4. The fourth-order valence-corrected chi connectivity index (χ4v) is 3.27. The Labute approximate surface area is 185 Å². The third kappa shape index (κ3) is 7.36. The summed E-state index contributed by atoms with van der Waals surface area (Å²) in [6.45, 7) is -0.244. The van der Waals surface area contributed by atoms with E-state index >= 15 is 0 Å². The minimum atomic E-state index is -1.19. The number of rotatable bonds is 13. The zero-order valence-electron chi connectivity index (χ0n) is 17.7. The molecule has 2 atom stereocenters. The fourth-order valence-electron chi connectivity index (χ4n) is 3.27. The molecule has 2 unspecified atom stereocenters. The van der Waals surface area contributed by atoms with E-state index in [1.54, 1.807) is 6.20 Å². The van der Waals surface area contributed by atoms with Crippen molar-refractivity contribution < 1.29 is 24.3 Å². The van der Waals surface area contributed by atoms with Gasteiger partial charge in [0.25, 0.3) is 0 Å². The van der Waals surface area contributed by atoms with Crippen molar-refractivity contribution in [2.75, 3.05) is 19.6 Å². The third-order valence-electron chi connectivity index (χ3n) is 4.94. The zero-order chi connectivity index (χ0) is 23.5. The second kappa shape index (κ2) is 12.4. The van der Waals surface area contributed by atoms with Gasteiger partial charge < -0.3 is 37.5 Å². The molecule has 11 nitrogen and oxygen atoms in total. The molecule has 1 aromatic carbocycles. The second-order valence-corrected chi connectivity index (χ2v) is 7.35. The standard InChI is InChI=1S/C21H30N6O5/c22-8-4-3-7-16(26-18(28)10-23)20(30)25-12-19(29)27-17(21(31)32)9-13-11-24-15-6-2-1-5-14(13)15/h1-2,5-6,11,16-17,24H,3-4,7-10,12,22-23H2,(H,25,30)(H,26,28)(H,27,29)(H,31,32). The topological polar surface area (TPSA) is 192 Å². The summed E-state index contributed by atoms with van der Waals surface area (Å²) in [5.41, 5.74) is 12.4. The summed E-state index contributed by atoms with van der Waals surface area (Å²) in [6.07, 6.45) is 3.41. The van der Waals surface area contributed by atoms with Gasteiger partial charge in [-0.3, -0.25) is 14.4 Å². The molecule has 0 saturated heterocycles. The molecule has 0 aliphatic rings. The molecule has 1 heterocycles. The lowest BCUT2D eigenvalue weighted by atomic mass is 10.0. The molecule has 11 heteroatoms. The molecule has 2 aromatic rings. The van der Waals surface area contributed by atoms with E-state index in [-0.39, 0.29) is 13.0 Å². The van der Waals surface area contributed by atoms with Gasteiger partial charge in [0.05, 0.1) is 13.1 Å². The van der Waals surface area contributed by atoms with E-state index in [0.717, 1.165) is 16.5 Å². The Morgan fingerprint density at radius 2 is 1.72 bits per heavy atom. The maximum Gasteiger partial charge on any atom is 0.326 e. The van der Waals surface area contributed by atoms with Crippen molar-refractivity contribution in [2.24, 2.45) is 11.5 Å². The van der Waals surface area contributed by atoms with Gasteiger partial charge in [0.1, 0.15) is 12.1 Å². The second-order valence-electron chi connectivity index (χ2n) is 7.35. The molecule has 0 fully saturated rings. The molecule has 0 radical (unpaired) electrons. The summed E-state index contributed by atoms with van der Waals surface area (Å²) < 4.78 is 0. The third-order valence-corrected chi connectivity index (χ3v) is 4.94. The van der Waals surface area contributed by atoms with Crippen molar-refractivity contribution in [3.05, 3.63) is 36.0 Å². The van der Waals surface area contributed by atoms with E-state index in [4.69, 9.17) is 11.5 Å². The number of para-hydroxylation sites is 1. The molecule has 0 spiro atoms. The predicted octanol–water partition coefficient (Wildman–Crippen LogP) is -1.03. The fraction of sp³-hybridized carbons (Fsp3) is 0.429. The van der Waals surface area contributed by atoms with Crippen LogP contribution in [-0.4, -0.2) is 65.5 Å². The van der Waals surface area contributed by atoms with Crippen molar-refractivity contribution in [3.8, 4) is 0 Å². The molecular formula is C21H30N6O5. The number of aliphatic carboxylic acids is 1. The number of carbonyl (C=O) groups excluding carboxylic acids is 3. The van der Waals surface area contributed by atoms with E-state index in [2.05, 4.69) is 20.9 Å². The van der Waals surface area contributed by atoms with Crippen LogP contribution >= 0.6 is 0 Å². The molecule has 0 bridgehead atoms. The van der Waals surface area contributed by atoms with Gasteiger partial charge in [-0.2, -0.15) is 0 Å². The first kappa shape index (κ1) is 24.8. The van der Waals surface area contributed by atoms with Gasteiger partial charge in [0.15, 0.2) is 0 Å². The van der Waals surface area contributed by atoms with E-state index in [1.165, 1.54) is 0 Å². The highest BCUT2D eigenvalue weighted by atomic mass is 16.4. The van der Waals surface area contributed by atoms with Gasteiger partial charge in [-0.05, 0) is 37.4 Å². The highest BCUT2D eigenvalue weighted by molar-refractivity contribution is 5.92. The lowest BCUT2D eigenvalue weighted by molar-refractivity contribution is -0.141. The number of carboxylic acid groups (broad SMARTS) is 1. The van der Waals surface area contributed by atoms with Crippen molar-refractivity contribution in [2.45, 2.75) is 37.8 Å². The van der Waals surface area contributed by atoms with Gasteiger partial charge in [0.2, 0.25) is 17.7 Å². The Balaban J connectivity index is 1.93. The minimum Gasteiger partial charge on any atom is -0.480 e. The highest BCUT2D eigenvalue weighted by Gasteiger charge is 2.24. The molecule has 174 valence electrons. The van der Waals surface area contributed by atoms with E-state index in [9.17, 15) is 24.3 Å². The number of amides is 3. The van der Waals surface area contributed by atoms with Gasteiger partial charge in [-0.1, -0.05) is 18.2 Å². The summed E-state index contributed by atoms with van der Waals surface area (Å²) in [6, 6.07) is 5.42. The first-order valence-electron chi connectivity index (χ1n) is 10.4.